The van der Waals surface area contributed by atoms with Gasteiger partial charge in [-0.1, -0.05) is 18.2 Å². The summed E-state index contributed by atoms with van der Waals surface area (Å²) >= 11 is 3.44. The largest absolute Gasteiger partial charge is 0.496 e. The number of methoxy groups -OCH3 is 1. The van der Waals surface area contributed by atoms with E-state index in [-0.39, 0.29) is 0 Å². The van der Waals surface area contributed by atoms with Crippen molar-refractivity contribution in [3.63, 3.8) is 0 Å². The molecule has 0 saturated carbocycles. The van der Waals surface area contributed by atoms with Gasteiger partial charge in [0, 0.05) is 35.5 Å². The first kappa shape index (κ1) is 14.0. The Labute approximate surface area is 122 Å². The second-order valence-corrected chi connectivity index (χ2v) is 5.41. The van der Waals surface area contributed by atoms with E-state index in [0.717, 1.165) is 23.3 Å². The van der Waals surface area contributed by atoms with Crippen LogP contribution in [0.5, 0.6) is 5.75 Å². The number of para-hydroxylation sites is 1. The van der Waals surface area contributed by atoms with Crippen LogP contribution in [0.25, 0.3) is 0 Å². The summed E-state index contributed by atoms with van der Waals surface area (Å²) in [6.45, 7) is 1.70. The summed E-state index contributed by atoms with van der Waals surface area (Å²) < 4.78 is 6.38. The first-order valence-electron chi connectivity index (χ1n) is 6.09. The molecule has 2 aromatic rings. The maximum atomic E-state index is 5.37. The predicted molar refractivity (Wildman–Crippen MR) is 80.1 cm³/mol. The smallest absolute Gasteiger partial charge is 0.123 e. The monoisotopic (exact) mass is 320 g/mol. The van der Waals surface area contributed by atoms with E-state index >= 15 is 0 Å². The zero-order valence-electron chi connectivity index (χ0n) is 11.1. The second-order valence-electron chi connectivity index (χ2n) is 4.50. The fraction of sp³-hybridized carbons (Fsp3) is 0.267. The summed E-state index contributed by atoms with van der Waals surface area (Å²) in [6.07, 6.45) is 3.69. The van der Waals surface area contributed by atoms with Gasteiger partial charge in [0.25, 0.3) is 0 Å². The molecule has 1 aromatic heterocycles. The van der Waals surface area contributed by atoms with Crippen molar-refractivity contribution in [2.24, 2.45) is 0 Å². The highest BCUT2D eigenvalue weighted by molar-refractivity contribution is 9.10. The van der Waals surface area contributed by atoms with Crippen molar-refractivity contribution in [2.75, 3.05) is 14.2 Å². The molecule has 0 fully saturated rings. The number of hydrogen-bond acceptors (Lipinski definition) is 3. The molecule has 0 atom stereocenters. The number of hydrogen-bond donors (Lipinski definition) is 0. The van der Waals surface area contributed by atoms with Crippen molar-refractivity contribution in [3.8, 4) is 5.75 Å². The lowest BCUT2D eigenvalue weighted by molar-refractivity contribution is 0.309. The van der Waals surface area contributed by atoms with Gasteiger partial charge in [-0.15, -0.1) is 0 Å². The fourth-order valence-corrected chi connectivity index (χ4v) is 2.45. The summed E-state index contributed by atoms with van der Waals surface area (Å²) in [5.41, 5.74) is 2.38. The molecule has 3 nitrogen and oxygen atoms in total. The molecule has 0 aliphatic carbocycles. The minimum absolute atomic E-state index is 0.844. The number of benzene rings is 1. The molecule has 0 spiro atoms. The lowest BCUT2D eigenvalue weighted by Gasteiger charge is -2.18. The molecule has 0 aliphatic rings. The van der Waals surface area contributed by atoms with Crippen molar-refractivity contribution in [2.45, 2.75) is 13.1 Å². The van der Waals surface area contributed by atoms with Crippen LogP contribution in [0.2, 0.25) is 0 Å². The summed E-state index contributed by atoms with van der Waals surface area (Å²) in [5, 5.41) is 0. The van der Waals surface area contributed by atoms with Gasteiger partial charge in [-0.2, -0.15) is 0 Å². The number of pyridine rings is 1. The highest BCUT2D eigenvalue weighted by Gasteiger charge is 2.06. The van der Waals surface area contributed by atoms with Crippen LogP contribution < -0.4 is 4.74 Å². The topological polar surface area (TPSA) is 25.4 Å². The van der Waals surface area contributed by atoms with E-state index in [0.29, 0.717) is 0 Å². The van der Waals surface area contributed by atoms with Crippen LogP contribution in [-0.4, -0.2) is 24.0 Å². The van der Waals surface area contributed by atoms with Gasteiger partial charge < -0.3 is 4.74 Å². The minimum atomic E-state index is 0.844. The van der Waals surface area contributed by atoms with Crippen LogP contribution in [0.3, 0.4) is 0 Å². The van der Waals surface area contributed by atoms with Crippen molar-refractivity contribution < 1.29 is 4.74 Å². The molecule has 0 unspecified atom stereocenters. The summed E-state index contributed by atoms with van der Waals surface area (Å²) in [7, 11) is 3.80. The van der Waals surface area contributed by atoms with Gasteiger partial charge >= 0.3 is 0 Å². The highest BCUT2D eigenvalue weighted by Crippen LogP contribution is 2.19. The highest BCUT2D eigenvalue weighted by atomic mass is 79.9. The van der Waals surface area contributed by atoms with Crippen LogP contribution in [0.4, 0.5) is 0 Å². The van der Waals surface area contributed by atoms with Gasteiger partial charge in [-0.3, -0.25) is 9.88 Å². The predicted octanol–water partition coefficient (Wildman–Crippen LogP) is 3.48. The Hall–Kier alpha value is -1.39. The lowest BCUT2D eigenvalue weighted by atomic mass is 10.2. The molecule has 0 amide bonds. The number of halogens is 1. The van der Waals surface area contributed by atoms with Gasteiger partial charge in [0.05, 0.1) is 7.11 Å². The fourth-order valence-electron chi connectivity index (χ4n) is 2.03. The third-order valence-corrected chi connectivity index (χ3v) is 3.28. The summed E-state index contributed by atoms with van der Waals surface area (Å²) in [5.74, 6) is 0.932. The molecular formula is C15H17BrN2O. The number of ether oxygens (including phenoxy) is 1. The van der Waals surface area contributed by atoms with Gasteiger partial charge in [0.2, 0.25) is 0 Å². The van der Waals surface area contributed by atoms with Crippen LogP contribution in [-0.2, 0) is 13.1 Å². The molecule has 19 heavy (non-hydrogen) atoms. The standard InChI is InChI=1S/C15H17BrN2O/c1-18(10-12-7-14(16)9-17-8-12)11-13-5-3-4-6-15(13)19-2/h3-9H,10-11H2,1-2H3. The molecule has 4 heteroatoms. The molecule has 1 aromatic carbocycles. The third-order valence-electron chi connectivity index (χ3n) is 2.85. The Kier molecular flexibility index (Phi) is 4.93. The first-order valence-corrected chi connectivity index (χ1v) is 6.88. The number of aromatic nitrogens is 1. The molecule has 0 N–H and O–H groups in total. The Morgan fingerprint density at radius 2 is 2.00 bits per heavy atom. The van der Waals surface area contributed by atoms with Crippen LogP contribution >= 0.6 is 15.9 Å². The summed E-state index contributed by atoms with van der Waals surface area (Å²) in [6, 6.07) is 10.2. The van der Waals surface area contributed by atoms with Crippen molar-refractivity contribution in [1.29, 1.82) is 0 Å². The molecular weight excluding hydrogens is 304 g/mol. The van der Waals surface area contributed by atoms with E-state index in [1.54, 1.807) is 13.3 Å². The normalized spacial score (nSPS) is 10.7. The van der Waals surface area contributed by atoms with Crippen LogP contribution in [0.1, 0.15) is 11.1 Å². The molecule has 2 rings (SSSR count). The SMILES string of the molecule is COc1ccccc1CN(C)Cc1cncc(Br)c1. The van der Waals surface area contributed by atoms with Crippen molar-refractivity contribution in [3.05, 3.63) is 58.3 Å². The minimum Gasteiger partial charge on any atom is -0.496 e. The number of rotatable bonds is 5. The molecule has 0 radical (unpaired) electrons. The Bertz CT molecular complexity index is 545. The molecule has 0 aliphatic heterocycles. The van der Waals surface area contributed by atoms with E-state index in [9.17, 15) is 0 Å². The van der Waals surface area contributed by atoms with Crippen LogP contribution in [0.15, 0.2) is 47.2 Å². The quantitative estimate of drug-likeness (QED) is 0.843. The molecule has 100 valence electrons. The molecule has 1 heterocycles. The molecule has 0 bridgehead atoms. The van der Waals surface area contributed by atoms with E-state index < -0.39 is 0 Å². The van der Waals surface area contributed by atoms with Gasteiger partial charge in [-0.05, 0) is 40.7 Å². The van der Waals surface area contributed by atoms with E-state index in [1.165, 1.54) is 11.1 Å². The van der Waals surface area contributed by atoms with E-state index in [4.69, 9.17) is 4.74 Å². The van der Waals surface area contributed by atoms with Crippen LogP contribution in [0, 0.1) is 0 Å². The van der Waals surface area contributed by atoms with Crippen molar-refractivity contribution in [1.82, 2.24) is 9.88 Å². The maximum Gasteiger partial charge on any atom is 0.123 e. The Morgan fingerprint density at radius 3 is 2.74 bits per heavy atom. The van der Waals surface area contributed by atoms with Gasteiger partial charge in [0.1, 0.15) is 5.75 Å². The van der Waals surface area contributed by atoms with Crippen molar-refractivity contribution >= 4 is 15.9 Å². The average molecular weight is 321 g/mol. The lowest BCUT2D eigenvalue weighted by Crippen LogP contribution is -2.17. The van der Waals surface area contributed by atoms with Gasteiger partial charge in [0.15, 0.2) is 0 Å². The van der Waals surface area contributed by atoms with E-state index in [2.05, 4.69) is 45.0 Å². The average Bonchev–Trinajstić information content (AvgIpc) is 2.39. The second kappa shape index (κ2) is 6.68. The Balaban J connectivity index is 2.03. The van der Waals surface area contributed by atoms with Gasteiger partial charge in [-0.25, -0.2) is 0 Å². The van der Waals surface area contributed by atoms with E-state index in [1.807, 2.05) is 24.4 Å². The Morgan fingerprint density at radius 1 is 1.21 bits per heavy atom. The zero-order valence-corrected chi connectivity index (χ0v) is 12.7. The third kappa shape index (κ3) is 4.04. The zero-order chi connectivity index (χ0) is 13.7. The first-order chi connectivity index (χ1) is 9.19. The molecule has 0 saturated heterocycles. The maximum absolute atomic E-state index is 5.37. The summed E-state index contributed by atoms with van der Waals surface area (Å²) in [4.78, 5) is 6.42. The number of nitrogens with zero attached hydrogens (tertiary/aromatic N) is 2.